The molecule has 1 aliphatic rings. The molecule has 1 unspecified atom stereocenters. The smallest absolute Gasteiger partial charge is 0.266 e. The number of hydrogen-bond acceptors (Lipinski definition) is 5. The average molecular weight is 443 g/mol. The number of halogens is 3. The fourth-order valence-electron chi connectivity index (χ4n) is 4.14. The number of carbonyl (C=O) groups is 1. The number of anilines is 2. The second-order valence-corrected chi connectivity index (χ2v) is 8.01. The van der Waals surface area contributed by atoms with E-state index in [2.05, 4.69) is 25.7 Å². The van der Waals surface area contributed by atoms with Crippen molar-refractivity contribution in [3.05, 3.63) is 59.5 Å². The molecular weight excluding hydrogens is 419 g/mol. The Kier molecular flexibility index (Phi) is 6.16. The summed E-state index contributed by atoms with van der Waals surface area (Å²) in [6, 6.07) is 9.33. The van der Waals surface area contributed by atoms with E-state index in [1.165, 1.54) is 19.1 Å². The van der Waals surface area contributed by atoms with Crippen molar-refractivity contribution in [2.45, 2.75) is 38.8 Å². The molecule has 4 rings (SSSR count). The number of amides is 1. The Morgan fingerprint density at radius 2 is 2.00 bits per heavy atom. The van der Waals surface area contributed by atoms with Crippen LogP contribution in [0, 0.1) is 5.82 Å². The highest BCUT2D eigenvalue weighted by Crippen LogP contribution is 2.32. The monoisotopic (exact) mass is 443 g/mol. The molecule has 6 nitrogen and oxygen atoms in total. The first-order chi connectivity index (χ1) is 15.3. The van der Waals surface area contributed by atoms with Gasteiger partial charge in [0.2, 0.25) is 5.91 Å². The van der Waals surface area contributed by atoms with Gasteiger partial charge in [-0.3, -0.25) is 4.79 Å². The van der Waals surface area contributed by atoms with Crippen molar-refractivity contribution in [2.75, 3.05) is 23.3 Å². The van der Waals surface area contributed by atoms with Crippen LogP contribution in [-0.4, -0.2) is 35.2 Å². The van der Waals surface area contributed by atoms with Gasteiger partial charge in [-0.15, -0.1) is 0 Å². The van der Waals surface area contributed by atoms with Crippen molar-refractivity contribution in [2.24, 2.45) is 0 Å². The lowest BCUT2D eigenvalue weighted by atomic mass is 10.0. The lowest BCUT2D eigenvalue weighted by molar-refractivity contribution is -0.119. The number of nitrogens with zero attached hydrogens (tertiary/aromatic N) is 3. The van der Waals surface area contributed by atoms with E-state index < -0.39 is 23.8 Å². The maximum Gasteiger partial charge on any atom is 0.266 e. The van der Waals surface area contributed by atoms with Crippen molar-refractivity contribution in [3.63, 3.8) is 0 Å². The van der Waals surface area contributed by atoms with E-state index in [4.69, 9.17) is 0 Å². The molecule has 3 aromatic rings. The van der Waals surface area contributed by atoms with E-state index >= 15 is 0 Å². The maximum absolute atomic E-state index is 14.6. The first-order valence-corrected chi connectivity index (χ1v) is 10.4. The number of alkyl halides is 2. The predicted molar refractivity (Wildman–Crippen MR) is 117 cm³/mol. The van der Waals surface area contributed by atoms with E-state index in [0.29, 0.717) is 17.7 Å². The van der Waals surface area contributed by atoms with Gasteiger partial charge in [-0.05, 0) is 31.5 Å². The number of benzene rings is 2. The van der Waals surface area contributed by atoms with Crippen molar-refractivity contribution in [1.82, 2.24) is 15.5 Å². The summed E-state index contributed by atoms with van der Waals surface area (Å²) in [4.78, 5) is 13.5. The predicted octanol–water partition coefficient (Wildman–Crippen LogP) is 4.59. The quantitative estimate of drug-likeness (QED) is 0.583. The van der Waals surface area contributed by atoms with Crippen LogP contribution in [0.5, 0.6) is 0 Å². The summed E-state index contributed by atoms with van der Waals surface area (Å²) in [6.45, 7) is 4.73. The Morgan fingerprint density at radius 3 is 2.75 bits per heavy atom. The summed E-state index contributed by atoms with van der Waals surface area (Å²) >= 11 is 0. The Balaban J connectivity index is 1.60. The second-order valence-electron chi connectivity index (χ2n) is 8.01. The number of carbonyl (C=O) groups excluding carboxylic acids is 1. The lowest BCUT2D eigenvalue weighted by Gasteiger charge is -2.21. The molecule has 9 heteroatoms. The Bertz CT molecular complexity index is 1140. The van der Waals surface area contributed by atoms with Crippen molar-refractivity contribution >= 4 is 28.2 Å². The molecule has 1 saturated heterocycles. The third-order valence-corrected chi connectivity index (χ3v) is 5.72. The zero-order valence-corrected chi connectivity index (χ0v) is 17.8. The molecule has 2 N–H and O–H groups in total. The highest BCUT2D eigenvalue weighted by atomic mass is 19.3. The van der Waals surface area contributed by atoms with Crippen LogP contribution in [0.15, 0.2) is 42.6 Å². The van der Waals surface area contributed by atoms with Crippen LogP contribution in [-0.2, 0) is 4.79 Å². The van der Waals surface area contributed by atoms with E-state index in [1.807, 2.05) is 18.2 Å². The first-order valence-electron chi connectivity index (χ1n) is 10.4. The third-order valence-electron chi connectivity index (χ3n) is 5.72. The van der Waals surface area contributed by atoms with E-state index in [0.717, 1.165) is 30.1 Å². The van der Waals surface area contributed by atoms with Crippen LogP contribution in [0.2, 0.25) is 0 Å². The molecule has 2 aromatic carbocycles. The molecule has 0 spiro atoms. The molecule has 2 heterocycles. The number of rotatable bonds is 6. The van der Waals surface area contributed by atoms with Gasteiger partial charge in [0.15, 0.2) is 0 Å². The zero-order chi connectivity index (χ0) is 22.8. The van der Waals surface area contributed by atoms with Gasteiger partial charge in [-0.1, -0.05) is 18.2 Å². The van der Waals surface area contributed by atoms with E-state index in [1.54, 1.807) is 13.1 Å². The van der Waals surface area contributed by atoms with Crippen LogP contribution >= 0.6 is 0 Å². The summed E-state index contributed by atoms with van der Waals surface area (Å²) in [7, 11) is 0. The summed E-state index contributed by atoms with van der Waals surface area (Å²) in [5.74, 6) is -0.954. The number of aromatic nitrogens is 2. The maximum atomic E-state index is 14.6. The molecular formula is C23H24F3N5O. The molecule has 168 valence electrons. The van der Waals surface area contributed by atoms with Crippen LogP contribution in [0.1, 0.15) is 43.9 Å². The molecule has 2 atom stereocenters. The SMILES string of the molecule is CC(=O)NC1CCN(c2ccc3nncc(N[C@H](C)c4cccc(C(F)F)c4F)c3c2)C1. The van der Waals surface area contributed by atoms with Crippen molar-refractivity contribution in [3.8, 4) is 0 Å². The van der Waals surface area contributed by atoms with Crippen LogP contribution in [0.4, 0.5) is 24.5 Å². The largest absolute Gasteiger partial charge is 0.377 e. The molecule has 0 radical (unpaired) electrons. The molecule has 1 fully saturated rings. The summed E-state index contributed by atoms with van der Waals surface area (Å²) in [5, 5.41) is 15.1. The van der Waals surface area contributed by atoms with Crippen LogP contribution in [0.25, 0.3) is 10.9 Å². The topological polar surface area (TPSA) is 70.2 Å². The molecule has 0 saturated carbocycles. The molecule has 1 aliphatic heterocycles. The summed E-state index contributed by atoms with van der Waals surface area (Å²) < 4.78 is 40.8. The minimum Gasteiger partial charge on any atom is -0.377 e. The van der Waals surface area contributed by atoms with Crippen LogP contribution in [0.3, 0.4) is 0 Å². The van der Waals surface area contributed by atoms with Gasteiger partial charge < -0.3 is 15.5 Å². The van der Waals surface area contributed by atoms with Crippen LogP contribution < -0.4 is 15.5 Å². The molecule has 32 heavy (non-hydrogen) atoms. The highest BCUT2D eigenvalue weighted by molar-refractivity contribution is 5.93. The number of nitrogens with one attached hydrogen (secondary N) is 2. The van der Waals surface area contributed by atoms with E-state index in [9.17, 15) is 18.0 Å². The molecule has 0 bridgehead atoms. The van der Waals surface area contributed by atoms with Gasteiger partial charge in [-0.2, -0.15) is 10.2 Å². The van der Waals surface area contributed by atoms with Gasteiger partial charge in [-0.25, -0.2) is 13.2 Å². The van der Waals surface area contributed by atoms with Crippen molar-refractivity contribution in [1.29, 1.82) is 0 Å². The standard InChI is InChI=1S/C23H24F3N5O/c1-13(17-4-3-5-18(22(17)24)23(25)26)28-21-11-27-30-20-7-6-16(10-19(20)21)31-9-8-15(12-31)29-14(2)32/h3-7,10-11,13,15,23H,8-9,12H2,1-2H3,(H,28,30)(H,29,32)/t13-,15?/m1/s1. The Hall–Kier alpha value is -3.36. The second kappa shape index (κ2) is 9.02. The Morgan fingerprint density at radius 1 is 1.22 bits per heavy atom. The van der Waals surface area contributed by atoms with Gasteiger partial charge >= 0.3 is 0 Å². The minimum atomic E-state index is -2.88. The number of fused-ring (bicyclic) bond motifs is 1. The summed E-state index contributed by atoms with van der Waals surface area (Å²) in [6.07, 6.45) is -0.481. The van der Waals surface area contributed by atoms with Gasteiger partial charge in [0.05, 0.1) is 29.0 Å². The minimum absolute atomic E-state index is 0.0470. The highest BCUT2D eigenvalue weighted by Gasteiger charge is 2.24. The van der Waals surface area contributed by atoms with Gasteiger partial charge in [0.25, 0.3) is 6.43 Å². The van der Waals surface area contributed by atoms with Gasteiger partial charge in [0.1, 0.15) is 5.82 Å². The third kappa shape index (κ3) is 4.46. The summed E-state index contributed by atoms with van der Waals surface area (Å²) in [5.41, 5.74) is 1.80. The number of hydrogen-bond donors (Lipinski definition) is 2. The van der Waals surface area contributed by atoms with Crippen molar-refractivity contribution < 1.29 is 18.0 Å². The fourth-order valence-corrected chi connectivity index (χ4v) is 4.14. The van der Waals surface area contributed by atoms with E-state index in [-0.39, 0.29) is 17.5 Å². The first kappa shape index (κ1) is 21.9. The molecule has 1 aromatic heterocycles. The fraction of sp³-hybridized carbons (Fsp3) is 0.348. The normalized spacial score (nSPS) is 17.1. The Labute approximate surface area is 183 Å². The zero-order valence-electron chi connectivity index (χ0n) is 17.8. The average Bonchev–Trinajstić information content (AvgIpc) is 3.21. The van der Waals surface area contributed by atoms with Gasteiger partial charge in [0, 0.05) is 42.7 Å². The lowest BCUT2D eigenvalue weighted by Crippen LogP contribution is -2.35. The molecule has 0 aliphatic carbocycles. The molecule has 1 amide bonds.